The molecule has 128 valence electrons. The van der Waals surface area contributed by atoms with E-state index in [0.717, 1.165) is 34.5 Å². The first-order valence-electron chi connectivity index (χ1n) is 9.02. The Labute approximate surface area is 152 Å². The Bertz CT molecular complexity index is 847. The maximum Gasteiger partial charge on any atom is 0.224 e. The smallest absolute Gasteiger partial charge is 0.224 e. The van der Waals surface area contributed by atoms with E-state index in [1.165, 1.54) is 24.0 Å². The fourth-order valence-electron chi connectivity index (χ4n) is 3.52. The highest BCUT2D eigenvalue weighted by atomic mass is 32.1. The third-order valence-electron chi connectivity index (χ3n) is 4.80. The molecule has 25 heavy (non-hydrogen) atoms. The topological polar surface area (TPSA) is 42.0 Å². The van der Waals surface area contributed by atoms with Crippen molar-refractivity contribution in [1.82, 2.24) is 10.3 Å². The fourth-order valence-corrected chi connectivity index (χ4v) is 4.48. The number of thiazole rings is 1. The summed E-state index contributed by atoms with van der Waals surface area (Å²) in [6.45, 7) is 0. The molecule has 3 nitrogen and oxygen atoms in total. The van der Waals surface area contributed by atoms with E-state index in [9.17, 15) is 4.79 Å². The molecular weight excluding hydrogens is 328 g/mol. The number of carbonyl (C=O) groups is 1. The Morgan fingerprint density at radius 1 is 1.08 bits per heavy atom. The molecule has 1 aliphatic carbocycles. The van der Waals surface area contributed by atoms with Crippen LogP contribution < -0.4 is 5.32 Å². The minimum Gasteiger partial charge on any atom is -0.353 e. The predicted molar refractivity (Wildman–Crippen MR) is 104 cm³/mol. The minimum absolute atomic E-state index is 0.133. The van der Waals surface area contributed by atoms with Crippen LogP contribution in [0.4, 0.5) is 0 Å². The molecule has 1 saturated carbocycles. The molecule has 0 aliphatic heterocycles. The van der Waals surface area contributed by atoms with Gasteiger partial charge in [0.2, 0.25) is 5.91 Å². The van der Waals surface area contributed by atoms with Gasteiger partial charge < -0.3 is 5.32 Å². The van der Waals surface area contributed by atoms with E-state index in [0.29, 0.717) is 12.5 Å². The lowest BCUT2D eigenvalue weighted by Crippen LogP contribution is -2.37. The lowest BCUT2D eigenvalue weighted by molar-refractivity contribution is -0.121. The SMILES string of the molecule is O=C(Cc1cccc(-c2nc3ccccc3s2)c1)NC1CCCCC1. The van der Waals surface area contributed by atoms with Crippen molar-refractivity contribution >= 4 is 27.5 Å². The highest BCUT2D eigenvalue weighted by Crippen LogP contribution is 2.30. The molecule has 1 aliphatic rings. The van der Waals surface area contributed by atoms with Crippen LogP contribution in [0.15, 0.2) is 48.5 Å². The number of hydrogen-bond donors (Lipinski definition) is 1. The van der Waals surface area contributed by atoms with E-state index in [4.69, 9.17) is 4.98 Å². The van der Waals surface area contributed by atoms with Gasteiger partial charge in [0.25, 0.3) is 0 Å². The molecule has 1 heterocycles. The van der Waals surface area contributed by atoms with Gasteiger partial charge in [-0.3, -0.25) is 4.79 Å². The summed E-state index contributed by atoms with van der Waals surface area (Å²) < 4.78 is 1.19. The van der Waals surface area contributed by atoms with Crippen molar-refractivity contribution in [3.63, 3.8) is 0 Å². The summed E-state index contributed by atoms with van der Waals surface area (Å²) in [5.41, 5.74) is 3.16. The lowest BCUT2D eigenvalue weighted by Gasteiger charge is -2.22. The largest absolute Gasteiger partial charge is 0.353 e. The third kappa shape index (κ3) is 3.90. The highest BCUT2D eigenvalue weighted by Gasteiger charge is 2.16. The Morgan fingerprint density at radius 2 is 1.92 bits per heavy atom. The summed E-state index contributed by atoms with van der Waals surface area (Å²) in [6.07, 6.45) is 6.46. The Kier molecular flexibility index (Phi) is 4.79. The van der Waals surface area contributed by atoms with Crippen LogP contribution in [0.3, 0.4) is 0 Å². The monoisotopic (exact) mass is 350 g/mol. The average Bonchev–Trinajstić information content (AvgIpc) is 3.07. The van der Waals surface area contributed by atoms with Crippen LogP contribution in [0.1, 0.15) is 37.7 Å². The Morgan fingerprint density at radius 3 is 2.76 bits per heavy atom. The summed E-state index contributed by atoms with van der Waals surface area (Å²) >= 11 is 1.69. The van der Waals surface area contributed by atoms with Gasteiger partial charge in [-0.15, -0.1) is 11.3 Å². The van der Waals surface area contributed by atoms with Crippen molar-refractivity contribution in [1.29, 1.82) is 0 Å². The van der Waals surface area contributed by atoms with Crippen LogP contribution in [0, 0.1) is 0 Å². The number of nitrogens with one attached hydrogen (secondary N) is 1. The van der Waals surface area contributed by atoms with Crippen molar-refractivity contribution in [3.8, 4) is 10.6 Å². The number of nitrogens with zero attached hydrogens (tertiary/aromatic N) is 1. The second kappa shape index (κ2) is 7.36. The number of hydrogen-bond acceptors (Lipinski definition) is 3. The van der Waals surface area contributed by atoms with E-state index in [2.05, 4.69) is 23.5 Å². The van der Waals surface area contributed by atoms with Gasteiger partial charge in [0.1, 0.15) is 5.01 Å². The second-order valence-corrected chi connectivity index (χ2v) is 7.80. The normalized spacial score (nSPS) is 15.4. The molecule has 0 unspecified atom stereocenters. The van der Waals surface area contributed by atoms with Crippen molar-refractivity contribution in [2.45, 2.75) is 44.6 Å². The van der Waals surface area contributed by atoms with E-state index in [-0.39, 0.29) is 5.91 Å². The van der Waals surface area contributed by atoms with Gasteiger partial charge in [0.05, 0.1) is 16.6 Å². The number of para-hydroxylation sites is 1. The van der Waals surface area contributed by atoms with Crippen molar-refractivity contribution in [2.75, 3.05) is 0 Å². The molecule has 1 amide bonds. The van der Waals surface area contributed by atoms with Crippen molar-refractivity contribution in [2.24, 2.45) is 0 Å². The van der Waals surface area contributed by atoms with Gasteiger partial charge in [0.15, 0.2) is 0 Å². The summed E-state index contributed by atoms with van der Waals surface area (Å²) in [4.78, 5) is 17.1. The quantitative estimate of drug-likeness (QED) is 0.723. The molecule has 1 aromatic heterocycles. The molecule has 2 aromatic carbocycles. The van der Waals surface area contributed by atoms with E-state index in [1.807, 2.05) is 30.3 Å². The molecular formula is C21H22N2OS. The van der Waals surface area contributed by atoms with Crippen LogP contribution in [0.2, 0.25) is 0 Å². The number of benzene rings is 2. The van der Waals surface area contributed by atoms with Gasteiger partial charge in [-0.2, -0.15) is 0 Å². The van der Waals surface area contributed by atoms with Gasteiger partial charge in [-0.25, -0.2) is 4.98 Å². The van der Waals surface area contributed by atoms with E-state index >= 15 is 0 Å². The van der Waals surface area contributed by atoms with Crippen molar-refractivity contribution in [3.05, 3.63) is 54.1 Å². The van der Waals surface area contributed by atoms with Crippen LogP contribution in [-0.4, -0.2) is 16.9 Å². The molecule has 4 heteroatoms. The first-order chi connectivity index (χ1) is 12.3. The van der Waals surface area contributed by atoms with Crippen LogP contribution in [0.5, 0.6) is 0 Å². The predicted octanol–water partition coefficient (Wildman–Crippen LogP) is 4.95. The van der Waals surface area contributed by atoms with Crippen LogP contribution >= 0.6 is 11.3 Å². The summed E-state index contributed by atoms with van der Waals surface area (Å²) in [7, 11) is 0. The highest BCUT2D eigenvalue weighted by molar-refractivity contribution is 7.21. The first kappa shape index (κ1) is 16.3. The zero-order valence-corrected chi connectivity index (χ0v) is 15.0. The van der Waals surface area contributed by atoms with Gasteiger partial charge in [-0.05, 0) is 36.6 Å². The maximum atomic E-state index is 12.3. The van der Waals surface area contributed by atoms with Gasteiger partial charge in [0, 0.05) is 11.6 Å². The Balaban J connectivity index is 1.48. The molecule has 0 radical (unpaired) electrons. The average molecular weight is 350 g/mol. The molecule has 0 atom stereocenters. The second-order valence-electron chi connectivity index (χ2n) is 6.77. The molecule has 0 saturated heterocycles. The summed E-state index contributed by atoms with van der Waals surface area (Å²) in [6, 6.07) is 16.8. The standard InChI is InChI=1S/C21H22N2OS/c24-20(22-17-9-2-1-3-10-17)14-15-7-6-8-16(13-15)21-23-18-11-4-5-12-19(18)25-21/h4-8,11-13,17H,1-3,9-10,14H2,(H,22,24). The first-order valence-corrected chi connectivity index (χ1v) is 9.84. The van der Waals surface area contributed by atoms with E-state index < -0.39 is 0 Å². The fraction of sp³-hybridized carbons (Fsp3) is 0.333. The minimum atomic E-state index is 0.133. The number of carbonyl (C=O) groups excluding carboxylic acids is 1. The van der Waals surface area contributed by atoms with Gasteiger partial charge in [-0.1, -0.05) is 49.6 Å². The molecule has 0 spiro atoms. The Hall–Kier alpha value is -2.20. The van der Waals surface area contributed by atoms with Crippen molar-refractivity contribution < 1.29 is 4.79 Å². The maximum absolute atomic E-state index is 12.3. The summed E-state index contributed by atoms with van der Waals surface area (Å²) in [5, 5.41) is 4.21. The number of rotatable bonds is 4. The molecule has 4 rings (SSSR count). The number of fused-ring (bicyclic) bond motifs is 1. The lowest BCUT2D eigenvalue weighted by atomic mass is 9.95. The summed E-state index contributed by atoms with van der Waals surface area (Å²) in [5.74, 6) is 0.133. The van der Waals surface area contributed by atoms with Crippen LogP contribution in [0.25, 0.3) is 20.8 Å². The number of aromatic nitrogens is 1. The van der Waals surface area contributed by atoms with Gasteiger partial charge >= 0.3 is 0 Å². The van der Waals surface area contributed by atoms with E-state index in [1.54, 1.807) is 11.3 Å². The molecule has 0 bridgehead atoms. The number of amides is 1. The zero-order chi connectivity index (χ0) is 17.1. The third-order valence-corrected chi connectivity index (χ3v) is 5.89. The molecule has 3 aromatic rings. The molecule has 1 N–H and O–H groups in total. The zero-order valence-electron chi connectivity index (χ0n) is 14.2. The molecule has 1 fully saturated rings. The van der Waals surface area contributed by atoms with Crippen LogP contribution in [-0.2, 0) is 11.2 Å².